The second-order valence-corrected chi connectivity index (χ2v) is 7.03. The number of hydrogen-bond acceptors (Lipinski definition) is 2. The summed E-state index contributed by atoms with van der Waals surface area (Å²) in [7, 11) is 4.24. The van der Waals surface area contributed by atoms with Crippen LogP contribution in [0.15, 0.2) is 0 Å². The Labute approximate surface area is 99.7 Å². The van der Waals surface area contributed by atoms with E-state index in [-0.39, 0.29) is 0 Å². The smallest absolute Gasteiger partial charge is 0.0243 e. The first-order valence-electron chi connectivity index (χ1n) is 7.01. The van der Waals surface area contributed by atoms with Crippen LogP contribution >= 0.6 is 0 Å². The standard InChI is InChI=1S/C14H26N2/c1-10(15-16(2)3)14-7-11-4-12(8-14)6-13(5-11)9-14/h10-13,15H,4-9H2,1-3H3. The van der Waals surface area contributed by atoms with Crippen LogP contribution in [0.2, 0.25) is 0 Å². The van der Waals surface area contributed by atoms with Crippen molar-refractivity contribution in [3.63, 3.8) is 0 Å². The molecule has 1 N–H and O–H groups in total. The average Bonchev–Trinajstić information content (AvgIpc) is 2.13. The highest BCUT2D eigenvalue weighted by Gasteiger charge is 2.53. The summed E-state index contributed by atoms with van der Waals surface area (Å²) in [6.45, 7) is 2.41. The van der Waals surface area contributed by atoms with E-state index in [2.05, 4.69) is 31.5 Å². The number of nitrogens with one attached hydrogen (secondary N) is 1. The van der Waals surface area contributed by atoms with Gasteiger partial charge in [-0.3, -0.25) is 10.4 Å². The largest absolute Gasteiger partial charge is 0.252 e. The van der Waals surface area contributed by atoms with Crippen LogP contribution in [0.4, 0.5) is 0 Å². The number of nitrogens with zero attached hydrogens (tertiary/aromatic N) is 1. The summed E-state index contributed by atoms with van der Waals surface area (Å²) in [4.78, 5) is 0. The van der Waals surface area contributed by atoms with Crippen molar-refractivity contribution in [1.82, 2.24) is 10.4 Å². The van der Waals surface area contributed by atoms with Crippen LogP contribution in [0, 0.1) is 23.2 Å². The molecular weight excluding hydrogens is 196 g/mol. The van der Waals surface area contributed by atoms with E-state index < -0.39 is 0 Å². The number of hydrazine groups is 1. The van der Waals surface area contributed by atoms with E-state index >= 15 is 0 Å². The molecule has 0 aliphatic heterocycles. The maximum Gasteiger partial charge on any atom is 0.0243 e. The molecule has 0 amide bonds. The van der Waals surface area contributed by atoms with Crippen LogP contribution < -0.4 is 5.43 Å². The Bertz CT molecular complexity index is 237. The topological polar surface area (TPSA) is 15.3 Å². The molecular formula is C14H26N2. The lowest BCUT2D eigenvalue weighted by Crippen LogP contribution is -2.57. The first-order chi connectivity index (χ1) is 7.57. The molecule has 0 saturated heterocycles. The van der Waals surface area contributed by atoms with Crippen molar-refractivity contribution in [2.75, 3.05) is 14.1 Å². The third-order valence-corrected chi connectivity index (χ3v) is 5.46. The van der Waals surface area contributed by atoms with Gasteiger partial charge in [-0.15, -0.1) is 0 Å². The van der Waals surface area contributed by atoms with Crippen molar-refractivity contribution in [3.05, 3.63) is 0 Å². The van der Waals surface area contributed by atoms with Gasteiger partial charge in [-0.2, -0.15) is 0 Å². The lowest BCUT2D eigenvalue weighted by atomic mass is 9.48. The Morgan fingerprint density at radius 1 is 1.00 bits per heavy atom. The Morgan fingerprint density at radius 2 is 1.44 bits per heavy atom. The molecule has 1 atom stereocenters. The molecule has 4 aliphatic carbocycles. The second kappa shape index (κ2) is 3.71. The molecule has 0 heterocycles. The molecule has 4 saturated carbocycles. The molecule has 16 heavy (non-hydrogen) atoms. The van der Waals surface area contributed by atoms with Crippen LogP contribution in [0.25, 0.3) is 0 Å². The van der Waals surface area contributed by atoms with Crippen molar-refractivity contribution < 1.29 is 0 Å². The van der Waals surface area contributed by atoms with Crippen molar-refractivity contribution in [2.24, 2.45) is 23.2 Å². The van der Waals surface area contributed by atoms with Gasteiger partial charge in [0.05, 0.1) is 0 Å². The molecule has 2 heteroatoms. The van der Waals surface area contributed by atoms with Crippen molar-refractivity contribution in [1.29, 1.82) is 0 Å². The fourth-order valence-corrected chi connectivity index (χ4v) is 5.23. The van der Waals surface area contributed by atoms with Gasteiger partial charge in [0.25, 0.3) is 0 Å². The summed E-state index contributed by atoms with van der Waals surface area (Å²) in [6, 6.07) is 0.663. The van der Waals surface area contributed by atoms with E-state index in [9.17, 15) is 0 Å². The quantitative estimate of drug-likeness (QED) is 0.739. The van der Waals surface area contributed by atoms with Crippen LogP contribution in [-0.4, -0.2) is 25.1 Å². The zero-order chi connectivity index (χ0) is 11.3. The molecule has 0 aromatic rings. The summed E-state index contributed by atoms with van der Waals surface area (Å²) in [5.41, 5.74) is 4.27. The third-order valence-electron chi connectivity index (χ3n) is 5.46. The van der Waals surface area contributed by atoms with Gasteiger partial charge in [0, 0.05) is 20.1 Å². The molecule has 0 aromatic heterocycles. The SMILES string of the molecule is CC(NN(C)C)C12CC3CC(CC(C3)C1)C2. The van der Waals surface area contributed by atoms with E-state index in [1.165, 1.54) is 19.3 Å². The molecule has 92 valence electrons. The Balaban J connectivity index is 1.77. The molecule has 4 fully saturated rings. The molecule has 4 rings (SSSR count). The van der Waals surface area contributed by atoms with E-state index in [0.29, 0.717) is 11.5 Å². The first-order valence-corrected chi connectivity index (χ1v) is 7.01. The normalized spacial score (nSPS) is 47.6. The molecule has 0 spiro atoms. The molecule has 0 aromatic carbocycles. The Kier molecular flexibility index (Phi) is 2.56. The molecule has 2 nitrogen and oxygen atoms in total. The zero-order valence-electron chi connectivity index (χ0n) is 11.0. The minimum Gasteiger partial charge on any atom is -0.252 e. The van der Waals surface area contributed by atoms with Crippen molar-refractivity contribution in [3.8, 4) is 0 Å². The second-order valence-electron chi connectivity index (χ2n) is 7.03. The predicted octanol–water partition coefficient (Wildman–Crippen LogP) is 2.66. The van der Waals surface area contributed by atoms with E-state index in [4.69, 9.17) is 0 Å². The van der Waals surface area contributed by atoms with Gasteiger partial charge >= 0.3 is 0 Å². The van der Waals surface area contributed by atoms with Crippen LogP contribution in [0.3, 0.4) is 0 Å². The summed E-state index contributed by atoms with van der Waals surface area (Å²) in [6.07, 6.45) is 9.15. The summed E-state index contributed by atoms with van der Waals surface area (Å²) in [5, 5.41) is 2.14. The van der Waals surface area contributed by atoms with Gasteiger partial charge in [-0.1, -0.05) is 0 Å². The fourth-order valence-electron chi connectivity index (χ4n) is 5.23. The minimum absolute atomic E-state index is 0.638. The van der Waals surface area contributed by atoms with Crippen LogP contribution in [0.1, 0.15) is 45.4 Å². The summed E-state index contributed by atoms with van der Waals surface area (Å²) in [5.74, 6) is 3.20. The van der Waals surface area contributed by atoms with Crippen molar-refractivity contribution >= 4 is 0 Å². The monoisotopic (exact) mass is 222 g/mol. The highest BCUT2D eigenvalue weighted by atomic mass is 15.5. The molecule has 4 aliphatic rings. The average molecular weight is 222 g/mol. The highest BCUT2D eigenvalue weighted by Crippen LogP contribution is 2.61. The fraction of sp³-hybridized carbons (Fsp3) is 1.00. The maximum absolute atomic E-state index is 3.63. The van der Waals surface area contributed by atoms with Gasteiger partial charge < -0.3 is 0 Å². The number of hydrogen-bond donors (Lipinski definition) is 1. The van der Waals surface area contributed by atoms with Crippen molar-refractivity contribution in [2.45, 2.75) is 51.5 Å². The predicted molar refractivity (Wildman–Crippen MR) is 66.9 cm³/mol. The van der Waals surface area contributed by atoms with E-state index in [0.717, 1.165) is 17.8 Å². The summed E-state index contributed by atoms with van der Waals surface area (Å²) < 4.78 is 0. The number of rotatable bonds is 3. The lowest BCUT2D eigenvalue weighted by Gasteiger charge is -2.59. The Morgan fingerprint density at radius 3 is 1.81 bits per heavy atom. The molecule has 1 unspecified atom stereocenters. The maximum atomic E-state index is 3.63. The third kappa shape index (κ3) is 1.70. The van der Waals surface area contributed by atoms with Crippen LogP contribution in [-0.2, 0) is 0 Å². The lowest BCUT2D eigenvalue weighted by molar-refractivity contribution is -0.0799. The molecule has 0 radical (unpaired) electrons. The van der Waals surface area contributed by atoms with Gasteiger partial charge in [0.1, 0.15) is 0 Å². The summed E-state index contributed by atoms with van der Waals surface area (Å²) >= 11 is 0. The molecule has 4 bridgehead atoms. The van der Waals surface area contributed by atoms with Crippen LogP contribution in [0.5, 0.6) is 0 Å². The van der Waals surface area contributed by atoms with E-state index in [1.807, 2.05) is 0 Å². The Hall–Kier alpha value is -0.0800. The van der Waals surface area contributed by atoms with Gasteiger partial charge in [-0.25, -0.2) is 0 Å². The zero-order valence-corrected chi connectivity index (χ0v) is 11.0. The first kappa shape index (κ1) is 11.0. The van der Waals surface area contributed by atoms with Gasteiger partial charge in [0.15, 0.2) is 0 Å². The highest BCUT2D eigenvalue weighted by molar-refractivity contribution is 5.04. The minimum atomic E-state index is 0.638. The van der Waals surface area contributed by atoms with Gasteiger partial charge in [0.2, 0.25) is 0 Å². The van der Waals surface area contributed by atoms with E-state index in [1.54, 1.807) is 19.3 Å². The van der Waals surface area contributed by atoms with Gasteiger partial charge in [-0.05, 0) is 68.6 Å².